The lowest BCUT2D eigenvalue weighted by Gasteiger charge is -2.31. The van der Waals surface area contributed by atoms with E-state index in [0.717, 1.165) is 0 Å². The van der Waals surface area contributed by atoms with Crippen molar-refractivity contribution in [2.24, 2.45) is 17.6 Å². The van der Waals surface area contributed by atoms with Gasteiger partial charge in [0.2, 0.25) is 23.6 Å². The first-order chi connectivity index (χ1) is 13.3. The maximum atomic E-state index is 13.4. The zero-order valence-corrected chi connectivity index (χ0v) is 15.9. The van der Waals surface area contributed by atoms with Crippen LogP contribution >= 0.6 is 0 Å². The molecule has 3 heterocycles. The summed E-state index contributed by atoms with van der Waals surface area (Å²) >= 11 is 0. The van der Waals surface area contributed by atoms with Crippen LogP contribution in [-0.2, 0) is 24.7 Å². The predicted octanol–water partition coefficient (Wildman–Crippen LogP) is 0.471. The number of fused-ring (bicyclic) bond motifs is 4. The van der Waals surface area contributed by atoms with Crippen molar-refractivity contribution in [3.8, 4) is 0 Å². The molecule has 28 heavy (non-hydrogen) atoms. The van der Waals surface area contributed by atoms with Crippen LogP contribution in [0.2, 0.25) is 0 Å². The third-order valence-corrected chi connectivity index (χ3v) is 6.39. The number of likely N-dealkylation sites (tertiary alicyclic amines) is 1. The summed E-state index contributed by atoms with van der Waals surface area (Å²) in [6.07, 6.45) is 0.998. The Balaban J connectivity index is 1.83. The molecule has 0 bridgehead atoms. The van der Waals surface area contributed by atoms with Gasteiger partial charge in [-0.1, -0.05) is 25.1 Å². The van der Waals surface area contributed by atoms with Gasteiger partial charge in [0, 0.05) is 29.8 Å². The van der Waals surface area contributed by atoms with Gasteiger partial charge in [0.25, 0.3) is 0 Å². The fourth-order valence-electron chi connectivity index (χ4n) is 4.94. The number of anilines is 1. The van der Waals surface area contributed by atoms with Crippen LogP contribution in [0, 0.1) is 11.8 Å². The lowest BCUT2D eigenvalue weighted by Crippen LogP contribution is -2.54. The topological polar surface area (TPSA) is 122 Å². The van der Waals surface area contributed by atoms with Gasteiger partial charge in [-0.25, -0.2) is 0 Å². The summed E-state index contributed by atoms with van der Waals surface area (Å²) in [6, 6.07) is 6.46. The molecule has 3 aliphatic heterocycles. The Labute approximate surface area is 162 Å². The summed E-state index contributed by atoms with van der Waals surface area (Å²) in [6.45, 7) is 3.74. The average Bonchev–Trinajstić information content (AvgIpc) is 3.24. The fourth-order valence-corrected chi connectivity index (χ4v) is 4.94. The van der Waals surface area contributed by atoms with Crippen LogP contribution in [0.15, 0.2) is 24.3 Å². The fraction of sp³-hybridized carbons (Fsp3) is 0.500. The minimum absolute atomic E-state index is 0.0744. The number of nitrogens with zero attached hydrogens (tertiary/aromatic N) is 1. The molecule has 1 aromatic rings. The van der Waals surface area contributed by atoms with Gasteiger partial charge < -0.3 is 11.1 Å². The molecule has 2 fully saturated rings. The van der Waals surface area contributed by atoms with Crippen molar-refractivity contribution in [3.63, 3.8) is 0 Å². The van der Waals surface area contributed by atoms with E-state index in [2.05, 4.69) is 10.6 Å². The Bertz CT molecular complexity index is 885. The molecule has 4 N–H and O–H groups in total. The minimum Gasteiger partial charge on any atom is -0.370 e. The third kappa shape index (κ3) is 2.33. The normalized spacial score (nSPS) is 31.9. The van der Waals surface area contributed by atoms with Gasteiger partial charge in [0.05, 0.1) is 11.8 Å². The Kier molecular flexibility index (Phi) is 4.26. The molecule has 4 rings (SSSR count). The van der Waals surface area contributed by atoms with Crippen molar-refractivity contribution in [2.75, 3.05) is 5.32 Å². The molecule has 0 unspecified atom stereocenters. The van der Waals surface area contributed by atoms with Gasteiger partial charge in [-0.05, 0) is 25.8 Å². The summed E-state index contributed by atoms with van der Waals surface area (Å²) < 4.78 is 0. The van der Waals surface area contributed by atoms with Crippen LogP contribution in [0.25, 0.3) is 0 Å². The van der Waals surface area contributed by atoms with Crippen LogP contribution in [0.4, 0.5) is 5.69 Å². The van der Waals surface area contributed by atoms with E-state index in [9.17, 15) is 19.2 Å². The summed E-state index contributed by atoms with van der Waals surface area (Å²) in [5, 5.41) is 6.13. The molecule has 148 valence electrons. The van der Waals surface area contributed by atoms with Crippen molar-refractivity contribution in [1.82, 2.24) is 10.2 Å². The number of imide groups is 1. The van der Waals surface area contributed by atoms with Gasteiger partial charge in [-0.2, -0.15) is 0 Å². The number of para-hydroxylation sites is 1. The first-order valence-electron chi connectivity index (χ1n) is 9.66. The molecule has 4 amide bonds. The second-order valence-corrected chi connectivity index (χ2v) is 7.87. The number of hydrogen-bond acceptors (Lipinski definition) is 5. The molecule has 8 heteroatoms. The van der Waals surface area contributed by atoms with E-state index in [1.165, 1.54) is 4.90 Å². The highest BCUT2D eigenvalue weighted by atomic mass is 16.2. The number of amides is 4. The average molecular weight is 384 g/mol. The molecule has 3 aliphatic rings. The van der Waals surface area contributed by atoms with Crippen molar-refractivity contribution in [2.45, 2.75) is 50.7 Å². The molecular weight excluding hydrogens is 360 g/mol. The highest BCUT2D eigenvalue weighted by Crippen LogP contribution is 2.53. The number of carbonyl (C=O) groups excluding carboxylic acids is 4. The lowest BCUT2D eigenvalue weighted by molar-refractivity contribution is -0.145. The SMILES string of the molecule is CC[C@H](C)N1C(=O)[C@H]2[C@@H](C1=O)[C@@]1(N[C@@H]2CCC(N)=O)C(=O)Nc2ccccc21. The van der Waals surface area contributed by atoms with Crippen molar-refractivity contribution < 1.29 is 19.2 Å². The van der Waals surface area contributed by atoms with E-state index >= 15 is 0 Å². The maximum absolute atomic E-state index is 13.4. The van der Waals surface area contributed by atoms with Crippen molar-refractivity contribution in [3.05, 3.63) is 29.8 Å². The quantitative estimate of drug-likeness (QED) is 0.637. The first-order valence-corrected chi connectivity index (χ1v) is 9.66. The van der Waals surface area contributed by atoms with E-state index in [0.29, 0.717) is 24.1 Å². The van der Waals surface area contributed by atoms with Crippen LogP contribution < -0.4 is 16.4 Å². The molecule has 0 aromatic heterocycles. The lowest BCUT2D eigenvalue weighted by atomic mass is 9.76. The highest BCUT2D eigenvalue weighted by molar-refractivity contribution is 6.15. The van der Waals surface area contributed by atoms with Crippen molar-refractivity contribution in [1.29, 1.82) is 0 Å². The van der Waals surface area contributed by atoms with Gasteiger partial charge in [0.1, 0.15) is 5.54 Å². The largest absolute Gasteiger partial charge is 0.370 e. The summed E-state index contributed by atoms with van der Waals surface area (Å²) in [4.78, 5) is 52.4. The molecule has 1 aromatic carbocycles. The summed E-state index contributed by atoms with van der Waals surface area (Å²) in [7, 11) is 0. The van der Waals surface area contributed by atoms with E-state index in [1.807, 2.05) is 26.0 Å². The molecular formula is C20H24N4O4. The Morgan fingerprint density at radius 3 is 2.64 bits per heavy atom. The number of rotatable bonds is 5. The molecule has 0 saturated carbocycles. The second-order valence-electron chi connectivity index (χ2n) is 7.87. The third-order valence-electron chi connectivity index (χ3n) is 6.39. The number of nitrogens with two attached hydrogens (primary N) is 1. The van der Waals surface area contributed by atoms with Crippen LogP contribution in [0.5, 0.6) is 0 Å². The minimum atomic E-state index is -1.31. The Morgan fingerprint density at radius 2 is 1.96 bits per heavy atom. The maximum Gasteiger partial charge on any atom is 0.250 e. The number of primary amides is 1. The predicted molar refractivity (Wildman–Crippen MR) is 101 cm³/mol. The van der Waals surface area contributed by atoms with E-state index < -0.39 is 29.3 Å². The van der Waals surface area contributed by atoms with Gasteiger partial charge in [0.15, 0.2) is 0 Å². The van der Waals surface area contributed by atoms with Crippen LogP contribution in [-0.4, -0.2) is 40.6 Å². The molecule has 2 saturated heterocycles. The van der Waals surface area contributed by atoms with Crippen LogP contribution in [0.3, 0.4) is 0 Å². The smallest absolute Gasteiger partial charge is 0.250 e. The molecule has 5 atom stereocenters. The first kappa shape index (κ1) is 18.6. The van der Waals surface area contributed by atoms with Gasteiger partial charge in [-0.3, -0.25) is 29.4 Å². The number of benzene rings is 1. The Hall–Kier alpha value is -2.74. The standard InChI is InChI=1S/C20H24N4O4/c1-3-10(2)24-17(26)15-13(8-9-14(21)25)23-20(16(15)18(24)27)11-6-4-5-7-12(11)22-19(20)28/h4-7,10,13,15-16,23H,3,8-9H2,1-2H3,(H2,21,25)(H,22,28)/t10-,13+,15+,16-,20+/m0/s1. The van der Waals surface area contributed by atoms with Gasteiger partial charge in [-0.15, -0.1) is 0 Å². The molecule has 1 spiro atoms. The monoisotopic (exact) mass is 384 g/mol. The van der Waals surface area contributed by atoms with Crippen LogP contribution in [0.1, 0.15) is 38.7 Å². The van der Waals surface area contributed by atoms with E-state index in [4.69, 9.17) is 5.73 Å². The van der Waals surface area contributed by atoms with E-state index in [1.54, 1.807) is 12.1 Å². The molecule has 0 radical (unpaired) electrons. The number of hydrogen-bond donors (Lipinski definition) is 3. The highest BCUT2D eigenvalue weighted by Gasteiger charge is 2.70. The second kappa shape index (κ2) is 6.41. The summed E-state index contributed by atoms with van der Waals surface area (Å²) in [5.41, 5.74) is 5.31. The van der Waals surface area contributed by atoms with E-state index in [-0.39, 0.29) is 30.2 Å². The molecule has 0 aliphatic carbocycles. The number of carbonyl (C=O) groups is 4. The zero-order valence-electron chi connectivity index (χ0n) is 15.9. The van der Waals surface area contributed by atoms with Gasteiger partial charge >= 0.3 is 0 Å². The Morgan fingerprint density at radius 1 is 1.25 bits per heavy atom. The number of nitrogens with one attached hydrogen (secondary N) is 2. The zero-order chi connectivity index (χ0) is 20.2. The molecule has 8 nitrogen and oxygen atoms in total. The summed E-state index contributed by atoms with van der Waals surface area (Å²) in [5.74, 6) is -2.96. The van der Waals surface area contributed by atoms with Crippen molar-refractivity contribution >= 4 is 29.3 Å².